The molecular formula is C17H26N2O2S. The lowest BCUT2D eigenvalue weighted by atomic mass is 10.2. The quantitative estimate of drug-likeness (QED) is 0.725. The van der Waals surface area contributed by atoms with E-state index in [1.54, 1.807) is 23.7 Å². The van der Waals surface area contributed by atoms with E-state index < -0.39 is 5.60 Å². The molecule has 0 aliphatic carbocycles. The monoisotopic (exact) mass is 322 g/mol. The van der Waals surface area contributed by atoms with Gasteiger partial charge in [-0.15, -0.1) is 11.8 Å². The number of ether oxygens (including phenoxy) is 1. The smallest absolute Gasteiger partial charge is 0.410 e. The van der Waals surface area contributed by atoms with Crippen molar-refractivity contribution in [3.05, 3.63) is 30.1 Å². The molecule has 5 heteroatoms. The molecule has 1 amide bonds. The highest BCUT2D eigenvalue weighted by Crippen LogP contribution is 2.18. The summed E-state index contributed by atoms with van der Waals surface area (Å²) in [7, 11) is 1.75. The second kappa shape index (κ2) is 8.83. The first kappa shape index (κ1) is 18.6. The van der Waals surface area contributed by atoms with E-state index in [1.807, 2.05) is 39.2 Å². The van der Waals surface area contributed by atoms with Gasteiger partial charge in [0.05, 0.1) is 0 Å². The fourth-order valence-electron chi connectivity index (χ4n) is 1.69. The standard InChI is InChI=1S/C17H26N2O2S/c1-6-22-15-11-14(12-18-13-15)9-7-8-10-19(5)16(20)21-17(2,3)4/h7,9,11-13H,6,8,10H2,1-5H3/b9-7+. The maximum Gasteiger partial charge on any atom is 0.410 e. The second-order valence-electron chi connectivity index (χ2n) is 5.98. The van der Waals surface area contributed by atoms with Gasteiger partial charge in [0.15, 0.2) is 0 Å². The van der Waals surface area contributed by atoms with Crippen LogP contribution in [0.15, 0.2) is 29.4 Å². The Balaban J connectivity index is 2.43. The third-order valence-electron chi connectivity index (χ3n) is 2.69. The van der Waals surface area contributed by atoms with Crippen LogP contribution >= 0.6 is 11.8 Å². The van der Waals surface area contributed by atoms with Crippen molar-refractivity contribution in [1.29, 1.82) is 0 Å². The zero-order valence-corrected chi connectivity index (χ0v) is 14.9. The lowest BCUT2D eigenvalue weighted by Gasteiger charge is -2.24. The molecule has 0 aromatic carbocycles. The zero-order valence-electron chi connectivity index (χ0n) is 14.1. The maximum atomic E-state index is 11.8. The van der Waals surface area contributed by atoms with Crippen molar-refractivity contribution in [2.75, 3.05) is 19.3 Å². The molecule has 0 radical (unpaired) electrons. The van der Waals surface area contributed by atoms with Gasteiger partial charge in [-0.1, -0.05) is 19.1 Å². The molecule has 0 atom stereocenters. The Hall–Kier alpha value is -1.49. The largest absolute Gasteiger partial charge is 0.444 e. The normalized spacial score (nSPS) is 11.7. The minimum atomic E-state index is -0.454. The van der Waals surface area contributed by atoms with E-state index in [0.29, 0.717) is 6.54 Å². The van der Waals surface area contributed by atoms with E-state index in [-0.39, 0.29) is 6.09 Å². The van der Waals surface area contributed by atoms with Gasteiger partial charge in [0.2, 0.25) is 0 Å². The van der Waals surface area contributed by atoms with Crippen molar-refractivity contribution in [2.24, 2.45) is 0 Å². The van der Waals surface area contributed by atoms with Gasteiger partial charge in [0.1, 0.15) is 5.60 Å². The summed E-state index contributed by atoms with van der Waals surface area (Å²) in [5.41, 5.74) is 0.628. The van der Waals surface area contributed by atoms with Crippen molar-refractivity contribution in [3.8, 4) is 0 Å². The molecular weight excluding hydrogens is 296 g/mol. The molecule has 1 aromatic rings. The van der Waals surface area contributed by atoms with Crippen molar-refractivity contribution in [2.45, 2.75) is 44.6 Å². The van der Waals surface area contributed by atoms with E-state index >= 15 is 0 Å². The number of aromatic nitrogens is 1. The summed E-state index contributed by atoms with van der Waals surface area (Å²) in [4.78, 5) is 18.8. The molecule has 0 fully saturated rings. The van der Waals surface area contributed by atoms with Gasteiger partial charge in [-0.25, -0.2) is 4.79 Å². The maximum absolute atomic E-state index is 11.8. The summed E-state index contributed by atoms with van der Waals surface area (Å²) < 4.78 is 5.31. The summed E-state index contributed by atoms with van der Waals surface area (Å²) in [5.74, 6) is 1.04. The number of thioether (sulfide) groups is 1. The number of carbonyl (C=O) groups excluding carboxylic acids is 1. The number of pyridine rings is 1. The zero-order chi connectivity index (χ0) is 16.6. The minimum Gasteiger partial charge on any atom is -0.444 e. The molecule has 0 aliphatic rings. The Morgan fingerprint density at radius 1 is 1.41 bits per heavy atom. The minimum absolute atomic E-state index is 0.288. The highest BCUT2D eigenvalue weighted by atomic mass is 32.2. The van der Waals surface area contributed by atoms with Crippen molar-refractivity contribution in [1.82, 2.24) is 9.88 Å². The van der Waals surface area contributed by atoms with Crippen LogP contribution < -0.4 is 0 Å². The Kier molecular flexibility index (Phi) is 7.45. The lowest BCUT2D eigenvalue weighted by molar-refractivity contribution is 0.0302. The molecule has 1 rings (SSSR count). The molecule has 0 unspecified atom stereocenters. The number of rotatable bonds is 6. The van der Waals surface area contributed by atoms with Crippen molar-refractivity contribution >= 4 is 23.9 Å². The van der Waals surface area contributed by atoms with Crippen LogP contribution in [0, 0.1) is 0 Å². The summed E-state index contributed by atoms with van der Waals surface area (Å²) in [6.07, 6.45) is 8.30. The van der Waals surface area contributed by atoms with Crippen LogP contribution in [0.1, 0.15) is 39.7 Å². The molecule has 0 spiro atoms. The van der Waals surface area contributed by atoms with E-state index in [9.17, 15) is 4.79 Å². The molecule has 122 valence electrons. The number of amides is 1. The van der Waals surface area contributed by atoms with Crippen LogP contribution in [0.4, 0.5) is 4.79 Å². The summed E-state index contributed by atoms with van der Waals surface area (Å²) >= 11 is 1.78. The van der Waals surface area contributed by atoms with Gasteiger partial charge in [-0.05, 0) is 44.6 Å². The highest BCUT2D eigenvalue weighted by molar-refractivity contribution is 7.99. The first-order valence-electron chi connectivity index (χ1n) is 7.50. The first-order valence-corrected chi connectivity index (χ1v) is 8.49. The van der Waals surface area contributed by atoms with Crippen LogP contribution in [0.3, 0.4) is 0 Å². The molecule has 0 saturated heterocycles. The Morgan fingerprint density at radius 3 is 2.77 bits per heavy atom. The predicted octanol–water partition coefficient (Wildman–Crippen LogP) is 4.46. The summed E-state index contributed by atoms with van der Waals surface area (Å²) in [6.45, 7) is 8.36. The van der Waals surface area contributed by atoms with Crippen molar-refractivity contribution < 1.29 is 9.53 Å². The van der Waals surface area contributed by atoms with Crippen LogP contribution in [-0.2, 0) is 4.74 Å². The second-order valence-corrected chi connectivity index (χ2v) is 7.32. The average Bonchev–Trinajstić information content (AvgIpc) is 2.42. The van der Waals surface area contributed by atoms with E-state index in [4.69, 9.17) is 4.74 Å². The SMILES string of the molecule is CCSc1cncc(/C=C/CCN(C)C(=O)OC(C)(C)C)c1. The Bertz CT molecular complexity index is 510. The summed E-state index contributed by atoms with van der Waals surface area (Å²) in [6, 6.07) is 2.12. The third kappa shape index (κ3) is 7.50. The molecule has 1 aromatic heterocycles. The highest BCUT2D eigenvalue weighted by Gasteiger charge is 2.18. The van der Waals surface area contributed by atoms with Gasteiger partial charge in [0, 0.05) is 30.9 Å². The molecule has 0 saturated carbocycles. The van der Waals surface area contributed by atoms with Crippen LogP contribution in [-0.4, -0.2) is 40.9 Å². The number of hydrogen-bond acceptors (Lipinski definition) is 4. The average molecular weight is 322 g/mol. The van der Waals surface area contributed by atoms with Crippen LogP contribution in [0.5, 0.6) is 0 Å². The number of nitrogens with zero attached hydrogens (tertiary/aromatic N) is 2. The lowest BCUT2D eigenvalue weighted by Crippen LogP contribution is -2.34. The Labute approximate surface area is 137 Å². The van der Waals surface area contributed by atoms with Crippen LogP contribution in [0.25, 0.3) is 6.08 Å². The summed E-state index contributed by atoms with van der Waals surface area (Å²) in [5, 5.41) is 0. The van der Waals surface area contributed by atoms with Gasteiger partial charge >= 0.3 is 6.09 Å². The fourth-order valence-corrected chi connectivity index (χ4v) is 2.38. The van der Waals surface area contributed by atoms with Gasteiger partial charge < -0.3 is 9.64 Å². The van der Waals surface area contributed by atoms with Gasteiger partial charge in [-0.2, -0.15) is 0 Å². The fraction of sp³-hybridized carbons (Fsp3) is 0.529. The molecule has 0 aliphatic heterocycles. The van der Waals surface area contributed by atoms with Gasteiger partial charge in [-0.3, -0.25) is 4.98 Å². The number of carbonyl (C=O) groups is 1. The molecule has 22 heavy (non-hydrogen) atoms. The molecule has 0 bridgehead atoms. The molecule has 1 heterocycles. The topological polar surface area (TPSA) is 42.4 Å². The molecule has 0 N–H and O–H groups in total. The number of hydrogen-bond donors (Lipinski definition) is 0. The van der Waals surface area contributed by atoms with E-state index in [0.717, 1.165) is 17.7 Å². The van der Waals surface area contributed by atoms with Crippen LogP contribution in [0.2, 0.25) is 0 Å². The van der Waals surface area contributed by atoms with E-state index in [2.05, 4.69) is 24.1 Å². The van der Waals surface area contributed by atoms with Crippen molar-refractivity contribution in [3.63, 3.8) is 0 Å². The molecule has 4 nitrogen and oxygen atoms in total. The van der Waals surface area contributed by atoms with E-state index in [1.165, 1.54) is 4.90 Å². The third-order valence-corrected chi connectivity index (χ3v) is 3.54. The first-order chi connectivity index (χ1) is 10.3. The van der Waals surface area contributed by atoms with Gasteiger partial charge in [0.25, 0.3) is 0 Å². The predicted molar refractivity (Wildman–Crippen MR) is 93.2 cm³/mol. The Morgan fingerprint density at radius 2 is 2.14 bits per heavy atom.